The third-order valence-electron chi connectivity index (χ3n) is 4.41. The van der Waals surface area contributed by atoms with Crippen LogP contribution in [-0.4, -0.2) is 15.2 Å². The van der Waals surface area contributed by atoms with Crippen LogP contribution < -0.4 is 5.32 Å². The molecule has 2 N–H and O–H groups in total. The first-order chi connectivity index (χ1) is 10.2. The average Bonchev–Trinajstić information content (AvgIpc) is 2.99. The lowest BCUT2D eigenvalue weighted by atomic mass is 9.76. The summed E-state index contributed by atoms with van der Waals surface area (Å²) < 4.78 is 1.20. The summed E-state index contributed by atoms with van der Waals surface area (Å²) in [6.07, 6.45) is 7.76. The Balaban J connectivity index is 1.88. The van der Waals surface area contributed by atoms with E-state index >= 15 is 0 Å². The molecule has 1 aliphatic rings. The monoisotopic (exact) mass is 348 g/mol. The molecule has 4 nitrogen and oxygen atoms in total. The fraction of sp³-hybridized carbons (Fsp3) is 0.500. The molecular formula is C16H21BrN4. The van der Waals surface area contributed by atoms with Gasteiger partial charge in [-0.15, -0.1) is 0 Å². The van der Waals surface area contributed by atoms with Crippen LogP contribution in [0.4, 0.5) is 0 Å². The Labute approximate surface area is 133 Å². The quantitative estimate of drug-likeness (QED) is 0.882. The number of hydrogen-bond donors (Lipinski definition) is 2. The van der Waals surface area contributed by atoms with Crippen LogP contribution in [0.1, 0.15) is 49.1 Å². The van der Waals surface area contributed by atoms with E-state index in [4.69, 9.17) is 0 Å². The van der Waals surface area contributed by atoms with E-state index in [0.29, 0.717) is 0 Å². The average molecular weight is 349 g/mol. The lowest BCUT2D eigenvalue weighted by molar-refractivity contribution is 0.228. The number of nitrogens with zero attached hydrogens (tertiary/aromatic N) is 2. The predicted molar refractivity (Wildman–Crippen MR) is 86.9 cm³/mol. The van der Waals surface area contributed by atoms with E-state index in [9.17, 15) is 0 Å². The van der Waals surface area contributed by atoms with Gasteiger partial charge in [0.15, 0.2) is 0 Å². The number of nitrogens with one attached hydrogen (secondary N) is 2. The maximum atomic E-state index is 4.22. The van der Waals surface area contributed by atoms with Crippen molar-refractivity contribution in [1.29, 1.82) is 0 Å². The lowest BCUT2D eigenvalue weighted by Gasteiger charge is -2.39. The summed E-state index contributed by atoms with van der Waals surface area (Å²) in [6.45, 7) is 2.85. The number of aryl methyl sites for hydroxylation is 1. The SMILES string of the molecule is Cc1ccc(C2(NCc3ncn[nH]3)CCCCC2)c(Br)c1. The Bertz CT molecular complexity index is 588. The molecule has 1 aliphatic carbocycles. The normalized spacial score (nSPS) is 17.8. The van der Waals surface area contributed by atoms with Crippen molar-refractivity contribution in [3.05, 3.63) is 46.0 Å². The van der Waals surface area contributed by atoms with E-state index < -0.39 is 0 Å². The van der Waals surface area contributed by atoms with Gasteiger partial charge < -0.3 is 5.32 Å². The number of aromatic amines is 1. The van der Waals surface area contributed by atoms with Crippen LogP contribution in [0.3, 0.4) is 0 Å². The second kappa shape index (κ2) is 6.28. The first-order valence-electron chi connectivity index (χ1n) is 7.55. The summed E-state index contributed by atoms with van der Waals surface area (Å²) in [6, 6.07) is 6.67. The Morgan fingerprint density at radius 1 is 1.29 bits per heavy atom. The van der Waals surface area contributed by atoms with Gasteiger partial charge in [0, 0.05) is 10.0 Å². The van der Waals surface area contributed by atoms with Crippen LogP contribution in [0.25, 0.3) is 0 Å². The van der Waals surface area contributed by atoms with Gasteiger partial charge >= 0.3 is 0 Å². The first kappa shape index (κ1) is 14.7. The molecule has 1 saturated carbocycles. The first-order valence-corrected chi connectivity index (χ1v) is 8.35. The summed E-state index contributed by atoms with van der Waals surface area (Å²) in [5.74, 6) is 0.892. The van der Waals surface area contributed by atoms with E-state index in [2.05, 4.69) is 61.6 Å². The van der Waals surface area contributed by atoms with Crippen LogP contribution >= 0.6 is 15.9 Å². The molecule has 0 unspecified atom stereocenters. The standard InChI is InChI=1S/C16H21BrN4/c1-12-5-6-13(14(17)9-12)16(7-3-2-4-8-16)19-10-15-18-11-20-21-15/h5-6,9,11,19H,2-4,7-8,10H2,1H3,(H,18,20,21). The maximum absolute atomic E-state index is 4.22. The van der Waals surface area contributed by atoms with Gasteiger partial charge in [-0.2, -0.15) is 5.10 Å². The number of rotatable bonds is 4. The molecule has 1 fully saturated rings. The topological polar surface area (TPSA) is 53.6 Å². The highest BCUT2D eigenvalue weighted by Gasteiger charge is 2.35. The van der Waals surface area contributed by atoms with Crippen molar-refractivity contribution >= 4 is 15.9 Å². The van der Waals surface area contributed by atoms with Crippen molar-refractivity contribution in [2.45, 2.75) is 51.1 Å². The minimum absolute atomic E-state index is 0.0393. The van der Waals surface area contributed by atoms with Gasteiger partial charge in [-0.25, -0.2) is 4.98 Å². The maximum Gasteiger partial charge on any atom is 0.138 e. The second-order valence-electron chi connectivity index (χ2n) is 5.91. The van der Waals surface area contributed by atoms with Crippen molar-refractivity contribution in [3.8, 4) is 0 Å². The summed E-state index contributed by atoms with van der Waals surface area (Å²) in [5, 5.41) is 10.6. The van der Waals surface area contributed by atoms with E-state index in [1.807, 2.05) is 0 Å². The Morgan fingerprint density at radius 3 is 2.76 bits per heavy atom. The molecule has 0 amide bonds. The number of H-pyrrole nitrogens is 1. The van der Waals surface area contributed by atoms with Gasteiger partial charge in [0.2, 0.25) is 0 Å². The van der Waals surface area contributed by atoms with Gasteiger partial charge in [0.05, 0.1) is 6.54 Å². The van der Waals surface area contributed by atoms with Gasteiger partial charge in [0.1, 0.15) is 12.2 Å². The highest BCUT2D eigenvalue weighted by molar-refractivity contribution is 9.10. The van der Waals surface area contributed by atoms with Crippen molar-refractivity contribution in [2.24, 2.45) is 0 Å². The highest BCUT2D eigenvalue weighted by atomic mass is 79.9. The summed E-state index contributed by atoms with van der Waals surface area (Å²) in [7, 11) is 0. The molecule has 21 heavy (non-hydrogen) atoms. The van der Waals surface area contributed by atoms with Gasteiger partial charge in [-0.05, 0) is 37.0 Å². The number of hydrogen-bond acceptors (Lipinski definition) is 3. The summed E-state index contributed by atoms with van der Waals surface area (Å²) >= 11 is 3.76. The summed E-state index contributed by atoms with van der Waals surface area (Å²) in [4.78, 5) is 4.22. The number of benzene rings is 1. The van der Waals surface area contributed by atoms with E-state index in [1.54, 1.807) is 6.33 Å². The third-order valence-corrected chi connectivity index (χ3v) is 5.06. The minimum Gasteiger partial charge on any atom is -0.300 e. The number of aromatic nitrogens is 3. The van der Waals surface area contributed by atoms with Crippen LogP contribution in [-0.2, 0) is 12.1 Å². The second-order valence-corrected chi connectivity index (χ2v) is 6.77. The van der Waals surface area contributed by atoms with Crippen LogP contribution in [0, 0.1) is 6.92 Å². The predicted octanol–water partition coefficient (Wildman–Crippen LogP) is 3.82. The molecule has 0 aliphatic heterocycles. The van der Waals surface area contributed by atoms with Crippen LogP contribution in [0.15, 0.2) is 29.0 Å². The molecule has 5 heteroatoms. The fourth-order valence-electron chi connectivity index (χ4n) is 3.27. The minimum atomic E-state index is 0.0393. The third kappa shape index (κ3) is 3.19. The Hall–Kier alpha value is -1.20. The van der Waals surface area contributed by atoms with Crippen molar-refractivity contribution in [3.63, 3.8) is 0 Å². The fourth-order valence-corrected chi connectivity index (χ4v) is 4.15. The molecule has 0 radical (unpaired) electrons. The van der Waals surface area contributed by atoms with Gasteiger partial charge in [-0.1, -0.05) is 47.3 Å². The molecule has 112 valence electrons. The van der Waals surface area contributed by atoms with Crippen molar-refractivity contribution < 1.29 is 0 Å². The molecule has 3 rings (SSSR count). The zero-order valence-corrected chi connectivity index (χ0v) is 13.9. The van der Waals surface area contributed by atoms with Gasteiger partial charge in [-0.3, -0.25) is 5.10 Å². The molecule has 1 heterocycles. The number of halogens is 1. The van der Waals surface area contributed by atoms with E-state index in [-0.39, 0.29) is 5.54 Å². The molecular weight excluding hydrogens is 328 g/mol. The van der Waals surface area contributed by atoms with Crippen molar-refractivity contribution in [1.82, 2.24) is 20.5 Å². The van der Waals surface area contributed by atoms with Crippen molar-refractivity contribution in [2.75, 3.05) is 0 Å². The lowest BCUT2D eigenvalue weighted by Crippen LogP contribution is -2.44. The molecule has 0 spiro atoms. The molecule has 0 saturated heterocycles. The largest absolute Gasteiger partial charge is 0.300 e. The Morgan fingerprint density at radius 2 is 2.10 bits per heavy atom. The van der Waals surface area contributed by atoms with E-state index in [1.165, 1.54) is 47.7 Å². The zero-order valence-electron chi connectivity index (χ0n) is 12.3. The Kier molecular flexibility index (Phi) is 4.40. The molecule has 0 bridgehead atoms. The smallest absolute Gasteiger partial charge is 0.138 e. The summed E-state index contributed by atoms with van der Waals surface area (Å²) in [5.41, 5.74) is 2.69. The molecule has 1 aromatic heterocycles. The van der Waals surface area contributed by atoms with Crippen LogP contribution in [0.2, 0.25) is 0 Å². The van der Waals surface area contributed by atoms with Crippen LogP contribution in [0.5, 0.6) is 0 Å². The molecule has 2 aromatic rings. The highest BCUT2D eigenvalue weighted by Crippen LogP contribution is 2.40. The molecule has 1 aromatic carbocycles. The van der Waals surface area contributed by atoms with Gasteiger partial charge in [0.25, 0.3) is 0 Å². The zero-order chi connectivity index (χ0) is 14.7. The molecule has 0 atom stereocenters. The van der Waals surface area contributed by atoms with E-state index in [0.717, 1.165) is 12.4 Å².